The van der Waals surface area contributed by atoms with E-state index in [2.05, 4.69) is 0 Å². The van der Waals surface area contributed by atoms with Crippen LogP contribution in [0.3, 0.4) is 0 Å². The van der Waals surface area contributed by atoms with Crippen LogP contribution >= 0.6 is 23.2 Å². The lowest BCUT2D eigenvalue weighted by atomic mass is 10.1. The maximum absolute atomic E-state index is 13.4. The number of hydrogen-bond acceptors (Lipinski definition) is 0. The molecule has 1 fully saturated rings. The van der Waals surface area contributed by atoms with Gasteiger partial charge in [-0.15, -0.1) is 11.6 Å². The Kier molecular flexibility index (Phi) is 3.53. The molecule has 2 rings (SSSR count). The Bertz CT molecular complexity index is 347. The minimum atomic E-state index is -0.220. The van der Waals surface area contributed by atoms with E-state index in [0.717, 1.165) is 6.42 Å². The molecule has 82 valence electrons. The molecule has 1 aromatic carbocycles. The maximum Gasteiger partial charge on any atom is 0.127 e. The van der Waals surface area contributed by atoms with Crippen molar-refractivity contribution in [3.05, 3.63) is 34.6 Å². The molecule has 1 atom stereocenters. The van der Waals surface area contributed by atoms with Crippen LogP contribution in [0.15, 0.2) is 18.2 Å². The van der Waals surface area contributed by atoms with E-state index < -0.39 is 0 Å². The summed E-state index contributed by atoms with van der Waals surface area (Å²) in [5.41, 5.74) is 0.714. The first-order chi connectivity index (χ1) is 7.16. The summed E-state index contributed by atoms with van der Waals surface area (Å²) in [5, 5.41) is 0.654. The summed E-state index contributed by atoms with van der Waals surface area (Å²) >= 11 is 11.8. The molecule has 0 N–H and O–H groups in total. The van der Waals surface area contributed by atoms with Gasteiger partial charge in [-0.25, -0.2) is 4.39 Å². The Morgan fingerprint density at radius 1 is 1.40 bits per heavy atom. The lowest BCUT2D eigenvalue weighted by Crippen LogP contribution is -2.04. The Labute approximate surface area is 99.4 Å². The monoisotopic (exact) mass is 246 g/mol. The van der Waals surface area contributed by atoms with Crippen molar-refractivity contribution in [1.29, 1.82) is 0 Å². The van der Waals surface area contributed by atoms with Gasteiger partial charge in [-0.2, -0.15) is 0 Å². The molecular formula is C12H13Cl2F. The molecule has 1 aliphatic carbocycles. The highest BCUT2D eigenvalue weighted by Crippen LogP contribution is 2.37. The molecular weight excluding hydrogens is 234 g/mol. The lowest BCUT2D eigenvalue weighted by molar-refractivity contribution is 0.594. The molecule has 15 heavy (non-hydrogen) atoms. The third kappa shape index (κ3) is 3.09. The smallest absolute Gasteiger partial charge is 0.127 e. The van der Waals surface area contributed by atoms with Crippen molar-refractivity contribution < 1.29 is 4.39 Å². The Morgan fingerprint density at radius 3 is 2.73 bits per heavy atom. The minimum Gasteiger partial charge on any atom is -0.207 e. The molecule has 0 nitrogen and oxygen atoms in total. The van der Waals surface area contributed by atoms with Gasteiger partial charge < -0.3 is 0 Å². The van der Waals surface area contributed by atoms with Crippen LogP contribution < -0.4 is 0 Å². The van der Waals surface area contributed by atoms with E-state index in [1.165, 1.54) is 18.9 Å². The van der Waals surface area contributed by atoms with Crippen LogP contribution in [0, 0.1) is 11.7 Å². The summed E-state index contributed by atoms with van der Waals surface area (Å²) in [7, 11) is 0. The predicted molar refractivity (Wildman–Crippen MR) is 62.1 cm³/mol. The summed E-state index contributed by atoms with van der Waals surface area (Å²) in [4.78, 5) is 0. The fourth-order valence-electron chi connectivity index (χ4n) is 1.71. The van der Waals surface area contributed by atoms with Crippen LogP contribution in [0.25, 0.3) is 0 Å². The molecule has 0 radical (unpaired) electrons. The largest absolute Gasteiger partial charge is 0.207 e. The normalized spacial score (nSPS) is 17.8. The summed E-state index contributed by atoms with van der Waals surface area (Å²) in [6.45, 7) is 0. The number of halogens is 3. The van der Waals surface area contributed by atoms with Crippen molar-refractivity contribution >= 4 is 23.2 Å². The van der Waals surface area contributed by atoms with E-state index in [9.17, 15) is 4.39 Å². The number of benzene rings is 1. The topological polar surface area (TPSA) is 0 Å². The van der Waals surface area contributed by atoms with E-state index in [1.54, 1.807) is 12.1 Å². The second-order valence-electron chi connectivity index (χ2n) is 4.13. The molecule has 0 spiro atoms. The quantitative estimate of drug-likeness (QED) is 0.690. The van der Waals surface area contributed by atoms with E-state index in [1.807, 2.05) is 0 Å². The van der Waals surface area contributed by atoms with Gasteiger partial charge in [0, 0.05) is 10.4 Å². The van der Waals surface area contributed by atoms with Gasteiger partial charge in [-0.3, -0.25) is 0 Å². The van der Waals surface area contributed by atoms with Crippen molar-refractivity contribution in [3.8, 4) is 0 Å². The Balaban J connectivity index is 1.92. The van der Waals surface area contributed by atoms with Crippen LogP contribution in [0.2, 0.25) is 5.02 Å². The molecule has 1 aliphatic rings. The second-order valence-corrected chi connectivity index (χ2v) is 5.12. The highest BCUT2D eigenvalue weighted by Gasteiger charge is 2.29. The zero-order chi connectivity index (χ0) is 10.8. The standard InChI is InChI=1S/C12H13Cl2F/c13-10-5-3-9(12(15)7-10)4-6-11(14)8-1-2-8/h3,5,7-8,11H,1-2,4,6H2. The van der Waals surface area contributed by atoms with E-state index >= 15 is 0 Å². The Morgan fingerprint density at radius 2 is 2.13 bits per heavy atom. The van der Waals surface area contributed by atoms with Gasteiger partial charge in [0.1, 0.15) is 5.82 Å². The SMILES string of the molecule is Fc1cc(Cl)ccc1CCC(Cl)C1CC1. The lowest BCUT2D eigenvalue weighted by Gasteiger charge is -2.08. The fraction of sp³-hybridized carbons (Fsp3) is 0.500. The third-order valence-electron chi connectivity index (χ3n) is 2.84. The van der Waals surface area contributed by atoms with Crippen LogP contribution in [0.1, 0.15) is 24.8 Å². The molecule has 0 bridgehead atoms. The number of aryl methyl sites for hydroxylation is 1. The van der Waals surface area contributed by atoms with Crippen molar-refractivity contribution in [2.75, 3.05) is 0 Å². The molecule has 1 unspecified atom stereocenters. The number of rotatable bonds is 4. The molecule has 0 saturated heterocycles. The van der Waals surface area contributed by atoms with Gasteiger partial charge in [0.25, 0.3) is 0 Å². The summed E-state index contributed by atoms with van der Waals surface area (Å²) in [6.07, 6.45) is 4.02. The zero-order valence-corrected chi connectivity index (χ0v) is 9.86. The number of hydrogen-bond donors (Lipinski definition) is 0. The average Bonchev–Trinajstić information content (AvgIpc) is 2.99. The average molecular weight is 247 g/mol. The van der Waals surface area contributed by atoms with Crippen LogP contribution in [-0.4, -0.2) is 5.38 Å². The molecule has 0 aliphatic heterocycles. The highest BCUT2D eigenvalue weighted by molar-refractivity contribution is 6.30. The minimum absolute atomic E-state index is 0.208. The van der Waals surface area contributed by atoms with Gasteiger partial charge in [-0.1, -0.05) is 17.7 Å². The third-order valence-corrected chi connectivity index (χ3v) is 3.65. The molecule has 0 amide bonds. The molecule has 0 aromatic heterocycles. The first-order valence-electron chi connectivity index (χ1n) is 5.25. The van der Waals surface area contributed by atoms with Crippen molar-refractivity contribution in [2.45, 2.75) is 31.1 Å². The van der Waals surface area contributed by atoms with Gasteiger partial charge in [0.2, 0.25) is 0 Å². The first-order valence-corrected chi connectivity index (χ1v) is 6.06. The van der Waals surface area contributed by atoms with Gasteiger partial charge in [0.15, 0.2) is 0 Å². The van der Waals surface area contributed by atoms with Gasteiger partial charge >= 0.3 is 0 Å². The summed E-state index contributed by atoms with van der Waals surface area (Å²) < 4.78 is 13.4. The first kappa shape index (κ1) is 11.2. The van der Waals surface area contributed by atoms with E-state index in [-0.39, 0.29) is 11.2 Å². The zero-order valence-electron chi connectivity index (χ0n) is 8.35. The van der Waals surface area contributed by atoms with Crippen LogP contribution in [0.4, 0.5) is 4.39 Å². The summed E-state index contributed by atoms with van der Waals surface area (Å²) in [5.74, 6) is 0.448. The molecule has 0 heterocycles. The van der Waals surface area contributed by atoms with Crippen molar-refractivity contribution in [2.24, 2.45) is 5.92 Å². The van der Waals surface area contributed by atoms with Crippen molar-refractivity contribution in [3.63, 3.8) is 0 Å². The Hall–Kier alpha value is -0.270. The highest BCUT2D eigenvalue weighted by atomic mass is 35.5. The second kappa shape index (κ2) is 4.71. The van der Waals surface area contributed by atoms with Gasteiger partial charge in [-0.05, 0) is 49.3 Å². The van der Waals surface area contributed by atoms with E-state index in [4.69, 9.17) is 23.2 Å². The fourth-order valence-corrected chi connectivity index (χ4v) is 2.23. The number of alkyl halides is 1. The molecule has 1 saturated carbocycles. The predicted octanol–water partition coefficient (Wildman–Crippen LogP) is 4.43. The summed E-state index contributed by atoms with van der Waals surface area (Å²) in [6, 6.07) is 4.83. The molecule has 1 aromatic rings. The van der Waals surface area contributed by atoms with Gasteiger partial charge in [0.05, 0.1) is 0 Å². The van der Waals surface area contributed by atoms with E-state index in [0.29, 0.717) is 22.9 Å². The van der Waals surface area contributed by atoms with Crippen molar-refractivity contribution in [1.82, 2.24) is 0 Å². The maximum atomic E-state index is 13.4. The van der Waals surface area contributed by atoms with Crippen LogP contribution in [0.5, 0.6) is 0 Å². The van der Waals surface area contributed by atoms with Crippen LogP contribution in [-0.2, 0) is 6.42 Å². The molecule has 3 heteroatoms.